The quantitative estimate of drug-likeness (QED) is 0.919. The molecule has 0 saturated carbocycles. The molecule has 4 heteroatoms. The lowest BCUT2D eigenvalue weighted by Gasteiger charge is -2.29. The molecule has 0 fully saturated rings. The molecule has 0 radical (unpaired) electrons. The van der Waals surface area contributed by atoms with Gasteiger partial charge in [0.1, 0.15) is 11.5 Å². The summed E-state index contributed by atoms with van der Waals surface area (Å²) in [7, 11) is 1.55. The maximum absolute atomic E-state index is 12.0. The summed E-state index contributed by atoms with van der Waals surface area (Å²) in [6.45, 7) is 3.63. The molecule has 0 aliphatic heterocycles. The average molecular weight is 285 g/mol. The van der Waals surface area contributed by atoms with E-state index in [1.807, 2.05) is 43.3 Å². The van der Waals surface area contributed by atoms with Crippen LogP contribution in [0.5, 0.6) is 11.5 Å². The number of aryl methyl sites for hydroxylation is 1. The summed E-state index contributed by atoms with van der Waals surface area (Å²) < 4.78 is 11.2. The van der Waals surface area contributed by atoms with Gasteiger partial charge in [-0.15, -0.1) is 0 Å². The third-order valence-electron chi connectivity index (χ3n) is 3.43. The molecule has 0 bridgehead atoms. The molecule has 21 heavy (non-hydrogen) atoms. The molecule has 0 aliphatic carbocycles. The maximum atomic E-state index is 12.0. The van der Waals surface area contributed by atoms with Gasteiger partial charge in [0.05, 0.1) is 7.11 Å². The van der Waals surface area contributed by atoms with Crippen LogP contribution in [0.25, 0.3) is 0 Å². The van der Waals surface area contributed by atoms with E-state index in [2.05, 4.69) is 0 Å². The number of rotatable bonds is 5. The second-order valence-corrected chi connectivity index (χ2v) is 5.01. The molecule has 2 N–H and O–H groups in total. The van der Waals surface area contributed by atoms with Gasteiger partial charge in [-0.25, -0.2) is 0 Å². The number of hydrogen-bond donors (Lipinski definition) is 1. The molecule has 2 rings (SSSR count). The Kier molecular flexibility index (Phi) is 4.17. The summed E-state index contributed by atoms with van der Waals surface area (Å²) in [6.07, 6.45) is 0. The number of methoxy groups -OCH3 is 1. The second kappa shape index (κ2) is 5.87. The van der Waals surface area contributed by atoms with Crippen molar-refractivity contribution in [1.29, 1.82) is 0 Å². The van der Waals surface area contributed by atoms with Crippen molar-refractivity contribution in [3.8, 4) is 11.5 Å². The van der Waals surface area contributed by atoms with Crippen molar-refractivity contribution in [2.24, 2.45) is 5.73 Å². The lowest BCUT2D eigenvalue weighted by Crippen LogP contribution is -2.43. The van der Waals surface area contributed by atoms with E-state index in [9.17, 15) is 4.79 Å². The summed E-state index contributed by atoms with van der Waals surface area (Å²) in [4.78, 5) is 12.0. The van der Waals surface area contributed by atoms with Crippen LogP contribution in [-0.2, 0) is 10.4 Å². The molecular weight excluding hydrogens is 266 g/mol. The van der Waals surface area contributed by atoms with E-state index >= 15 is 0 Å². The number of amides is 1. The molecule has 1 unspecified atom stereocenters. The van der Waals surface area contributed by atoms with Crippen molar-refractivity contribution >= 4 is 5.91 Å². The molecule has 4 nitrogen and oxygen atoms in total. The Balaban J connectivity index is 2.45. The number of carbonyl (C=O) groups is 1. The van der Waals surface area contributed by atoms with Crippen molar-refractivity contribution in [1.82, 2.24) is 0 Å². The number of benzene rings is 2. The minimum atomic E-state index is -1.30. The maximum Gasteiger partial charge on any atom is 0.266 e. The Hall–Kier alpha value is -2.49. The first-order chi connectivity index (χ1) is 9.97. The van der Waals surface area contributed by atoms with Gasteiger partial charge in [0.15, 0.2) is 0 Å². The first-order valence-electron chi connectivity index (χ1n) is 6.66. The van der Waals surface area contributed by atoms with Crippen molar-refractivity contribution in [3.63, 3.8) is 0 Å². The van der Waals surface area contributed by atoms with E-state index in [-0.39, 0.29) is 0 Å². The highest BCUT2D eigenvalue weighted by Crippen LogP contribution is 2.34. The number of ether oxygens (including phenoxy) is 2. The van der Waals surface area contributed by atoms with Crippen molar-refractivity contribution in [2.45, 2.75) is 19.4 Å². The Labute approximate surface area is 124 Å². The van der Waals surface area contributed by atoms with Crippen LogP contribution in [0.1, 0.15) is 18.1 Å². The summed E-state index contributed by atoms with van der Waals surface area (Å²) >= 11 is 0. The fourth-order valence-electron chi connectivity index (χ4n) is 2.12. The topological polar surface area (TPSA) is 61.6 Å². The summed E-state index contributed by atoms with van der Waals surface area (Å²) in [5.41, 5.74) is 5.99. The summed E-state index contributed by atoms with van der Waals surface area (Å²) in [5.74, 6) is 0.561. The fraction of sp³-hybridized carbons (Fsp3) is 0.235. The van der Waals surface area contributed by atoms with Crippen molar-refractivity contribution in [3.05, 3.63) is 59.7 Å². The van der Waals surface area contributed by atoms with Crippen LogP contribution in [0.4, 0.5) is 0 Å². The largest absolute Gasteiger partial charge is 0.496 e. The minimum Gasteiger partial charge on any atom is -0.496 e. The van der Waals surface area contributed by atoms with Crippen molar-refractivity contribution < 1.29 is 14.3 Å². The standard InChI is InChI=1S/C17H19NO3/c1-12-8-10-13(11-9-12)21-17(2,16(18)19)14-6-4-5-7-15(14)20-3/h4-11H,1-3H3,(H2,18,19). The Morgan fingerprint density at radius 2 is 1.71 bits per heavy atom. The van der Waals surface area contributed by atoms with Gasteiger partial charge in [-0.05, 0) is 32.0 Å². The van der Waals surface area contributed by atoms with E-state index in [0.29, 0.717) is 17.1 Å². The van der Waals surface area contributed by atoms with Gasteiger partial charge in [0, 0.05) is 5.56 Å². The molecule has 2 aromatic carbocycles. The van der Waals surface area contributed by atoms with E-state index in [0.717, 1.165) is 5.56 Å². The molecule has 110 valence electrons. The van der Waals surface area contributed by atoms with E-state index < -0.39 is 11.5 Å². The van der Waals surface area contributed by atoms with Gasteiger partial charge in [0.2, 0.25) is 5.60 Å². The Bertz CT molecular complexity index is 637. The predicted octanol–water partition coefficient (Wildman–Crippen LogP) is 2.78. The smallest absolute Gasteiger partial charge is 0.266 e. The molecule has 2 aromatic rings. The van der Waals surface area contributed by atoms with Crippen LogP contribution in [0.2, 0.25) is 0 Å². The minimum absolute atomic E-state index is 0.561. The van der Waals surface area contributed by atoms with E-state index in [4.69, 9.17) is 15.2 Å². The second-order valence-electron chi connectivity index (χ2n) is 5.01. The predicted molar refractivity (Wildman–Crippen MR) is 81.3 cm³/mol. The zero-order valence-corrected chi connectivity index (χ0v) is 12.4. The summed E-state index contributed by atoms with van der Waals surface area (Å²) in [5, 5.41) is 0. The highest BCUT2D eigenvalue weighted by molar-refractivity contribution is 5.85. The normalized spacial score (nSPS) is 13.3. The van der Waals surface area contributed by atoms with Crippen LogP contribution in [0.15, 0.2) is 48.5 Å². The fourth-order valence-corrected chi connectivity index (χ4v) is 2.12. The third kappa shape index (κ3) is 2.99. The van der Waals surface area contributed by atoms with Gasteiger partial charge in [0.25, 0.3) is 5.91 Å². The third-order valence-corrected chi connectivity index (χ3v) is 3.43. The van der Waals surface area contributed by atoms with Gasteiger partial charge >= 0.3 is 0 Å². The molecule has 1 amide bonds. The highest BCUT2D eigenvalue weighted by atomic mass is 16.5. The molecule has 0 saturated heterocycles. The number of primary amides is 1. The first kappa shape index (κ1) is 14.9. The van der Waals surface area contributed by atoms with Gasteiger partial charge < -0.3 is 15.2 Å². The average Bonchev–Trinajstić information content (AvgIpc) is 2.49. The van der Waals surface area contributed by atoms with E-state index in [1.54, 1.807) is 26.2 Å². The molecule has 0 heterocycles. The summed E-state index contributed by atoms with van der Waals surface area (Å²) in [6, 6.07) is 14.6. The van der Waals surface area contributed by atoms with Gasteiger partial charge in [-0.1, -0.05) is 35.9 Å². The molecule has 0 spiro atoms. The molecule has 0 aromatic heterocycles. The van der Waals surface area contributed by atoms with Crippen LogP contribution in [0.3, 0.4) is 0 Å². The number of para-hydroxylation sites is 1. The lowest BCUT2D eigenvalue weighted by atomic mass is 9.93. The molecular formula is C17H19NO3. The zero-order chi connectivity index (χ0) is 15.5. The van der Waals surface area contributed by atoms with E-state index in [1.165, 1.54) is 0 Å². The lowest BCUT2D eigenvalue weighted by molar-refractivity contribution is -0.133. The monoisotopic (exact) mass is 285 g/mol. The molecule has 1 atom stereocenters. The first-order valence-corrected chi connectivity index (χ1v) is 6.66. The van der Waals surface area contributed by atoms with Gasteiger partial charge in [-0.3, -0.25) is 4.79 Å². The van der Waals surface area contributed by atoms with Crippen molar-refractivity contribution in [2.75, 3.05) is 7.11 Å². The van der Waals surface area contributed by atoms with Crippen LogP contribution >= 0.6 is 0 Å². The highest BCUT2D eigenvalue weighted by Gasteiger charge is 2.38. The SMILES string of the molecule is COc1ccccc1C(C)(Oc1ccc(C)cc1)C(N)=O. The van der Waals surface area contributed by atoms with Crippen LogP contribution in [0, 0.1) is 6.92 Å². The van der Waals surface area contributed by atoms with Crippen LogP contribution < -0.4 is 15.2 Å². The van der Waals surface area contributed by atoms with Gasteiger partial charge in [-0.2, -0.15) is 0 Å². The number of carbonyl (C=O) groups excluding carboxylic acids is 1. The zero-order valence-electron chi connectivity index (χ0n) is 12.4. The number of nitrogens with two attached hydrogens (primary N) is 1. The molecule has 0 aliphatic rings. The Morgan fingerprint density at radius 1 is 1.10 bits per heavy atom. The van der Waals surface area contributed by atoms with Crippen LogP contribution in [-0.4, -0.2) is 13.0 Å². The Morgan fingerprint density at radius 3 is 2.29 bits per heavy atom. The number of hydrogen-bond acceptors (Lipinski definition) is 3.